The van der Waals surface area contributed by atoms with Crippen molar-refractivity contribution < 1.29 is 4.74 Å². The largest absolute Gasteiger partial charge is 0.496 e. The van der Waals surface area contributed by atoms with Crippen molar-refractivity contribution in [1.82, 2.24) is 5.32 Å². The van der Waals surface area contributed by atoms with Gasteiger partial charge in [-0.05, 0) is 17.2 Å². The van der Waals surface area contributed by atoms with Crippen LogP contribution in [0.25, 0.3) is 0 Å². The molecule has 1 heterocycles. The predicted molar refractivity (Wildman–Crippen MR) is 85.2 cm³/mol. The highest BCUT2D eigenvalue weighted by Crippen LogP contribution is 2.31. The summed E-state index contributed by atoms with van der Waals surface area (Å²) in [4.78, 5) is 0. The predicted octanol–water partition coefficient (Wildman–Crippen LogP) is 3.77. The lowest BCUT2D eigenvalue weighted by Gasteiger charge is -2.26. The van der Waals surface area contributed by atoms with Gasteiger partial charge in [0.05, 0.1) is 7.11 Å². The number of methoxy groups -OCH3 is 1. The summed E-state index contributed by atoms with van der Waals surface area (Å²) >= 11 is 2.00. The Morgan fingerprint density at radius 1 is 1.15 bits per heavy atom. The Kier molecular flexibility index (Phi) is 4.28. The lowest BCUT2D eigenvalue weighted by Crippen LogP contribution is -2.26. The van der Waals surface area contributed by atoms with E-state index in [1.807, 2.05) is 23.9 Å². The molecule has 1 unspecified atom stereocenters. The Bertz CT molecular complexity index is 585. The van der Waals surface area contributed by atoms with Crippen LogP contribution in [-0.4, -0.2) is 12.9 Å². The van der Waals surface area contributed by atoms with Gasteiger partial charge in [-0.15, -0.1) is 0 Å². The van der Waals surface area contributed by atoms with E-state index >= 15 is 0 Å². The standard InChI is InChI=1S/C17H19NOS/c1-19-17-9-5-3-6-13(17)10-18-16-12-20-11-14-7-2-4-8-15(14)16/h2-9,16,18H,10-12H2,1H3. The molecule has 20 heavy (non-hydrogen) atoms. The number of nitrogens with one attached hydrogen (secondary N) is 1. The van der Waals surface area contributed by atoms with Gasteiger partial charge in [0.1, 0.15) is 5.75 Å². The molecule has 0 radical (unpaired) electrons. The zero-order valence-electron chi connectivity index (χ0n) is 11.6. The van der Waals surface area contributed by atoms with Crippen LogP contribution >= 0.6 is 11.8 Å². The van der Waals surface area contributed by atoms with Crippen molar-refractivity contribution in [2.45, 2.75) is 18.3 Å². The van der Waals surface area contributed by atoms with E-state index in [1.54, 1.807) is 7.11 Å². The van der Waals surface area contributed by atoms with Gasteiger partial charge in [-0.3, -0.25) is 0 Å². The van der Waals surface area contributed by atoms with E-state index in [1.165, 1.54) is 16.7 Å². The average molecular weight is 285 g/mol. The van der Waals surface area contributed by atoms with Crippen LogP contribution in [0.15, 0.2) is 48.5 Å². The molecule has 1 N–H and O–H groups in total. The fourth-order valence-corrected chi connectivity index (χ4v) is 3.77. The number of rotatable bonds is 4. The van der Waals surface area contributed by atoms with Crippen LogP contribution in [0.1, 0.15) is 22.7 Å². The molecule has 104 valence electrons. The molecule has 0 aromatic heterocycles. The minimum Gasteiger partial charge on any atom is -0.496 e. The fourth-order valence-electron chi connectivity index (χ4n) is 2.63. The second-order valence-electron chi connectivity index (χ2n) is 4.96. The quantitative estimate of drug-likeness (QED) is 0.924. The molecule has 0 amide bonds. The number of ether oxygens (including phenoxy) is 1. The van der Waals surface area contributed by atoms with E-state index in [-0.39, 0.29) is 0 Å². The topological polar surface area (TPSA) is 21.3 Å². The maximum Gasteiger partial charge on any atom is 0.123 e. The Labute approximate surface area is 124 Å². The van der Waals surface area contributed by atoms with Crippen molar-refractivity contribution in [3.8, 4) is 5.75 Å². The SMILES string of the molecule is COc1ccccc1CNC1CSCc2ccccc21. The molecule has 3 rings (SSSR count). The summed E-state index contributed by atoms with van der Waals surface area (Å²) in [5, 5.41) is 3.67. The molecule has 0 saturated heterocycles. The summed E-state index contributed by atoms with van der Waals surface area (Å²) in [6.07, 6.45) is 0. The van der Waals surface area contributed by atoms with Crippen molar-refractivity contribution in [2.24, 2.45) is 0 Å². The van der Waals surface area contributed by atoms with Crippen LogP contribution in [-0.2, 0) is 12.3 Å². The van der Waals surface area contributed by atoms with Crippen molar-refractivity contribution in [3.63, 3.8) is 0 Å². The molecule has 2 aromatic carbocycles. The minimum atomic E-state index is 0.426. The number of para-hydroxylation sites is 1. The lowest BCUT2D eigenvalue weighted by atomic mass is 10.0. The maximum absolute atomic E-state index is 5.41. The van der Waals surface area contributed by atoms with Gasteiger partial charge in [0, 0.05) is 29.7 Å². The Balaban J connectivity index is 1.73. The second-order valence-corrected chi connectivity index (χ2v) is 5.99. The van der Waals surface area contributed by atoms with Crippen molar-refractivity contribution in [1.29, 1.82) is 0 Å². The molecule has 2 nitrogen and oxygen atoms in total. The van der Waals surface area contributed by atoms with Crippen molar-refractivity contribution in [3.05, 3.63) is 65.2 Å². The highest BCUT2D eigenvalue weighted by molar-refractivity contribution is 7.98. The van der Waals surface area contributed by atoms with E-state index in [0.29, 0.717) is 6.04 Å². The van der Waals surface area contributed by atoms with Crippen LogP contribution in [0.3, 0.4) is 0 Å². The Morgan fingerprint density at radius 2 is 1.95 bits per heavy atom. The van der Waals surface area contributed by atoms with E-state index in [9.17, 15) is 0 Å². The monoisotopic (exact) mass is 285 g/mol. The fraction of sp³-hybridized carbons (Fsp3) is 0.294. The van der Waals surface area contributed by atoms with E-state index in [2.05, 4.69) is 41.7 Å². The highest BCUT2D eigenvalue weighted by Gasteiger charge is 2.19. The smallest absolute Gasteiger partial charge is 0.123 e. The van der Waals surface area contributed by atoms with Gasteiger partial charge in [-0.25, -0.2) is 0 Å². The Morgan fingerprint density at radius 3 is 2.85 bits per heavy atom. The van der Waals surface area contributed by atoms with Gasteiger partial charge < -0.3 is 10.1 Å². The third-order valence-electron chi connectivity index (χ3n) is 3.70. The molecule has 0 aliphatic carbocycles. The summed E-state index contributed by atoms with van der Waals surface area (Å²) in [5.41, 5.74) is 4.12. The molecule has 0 saturated carbocycles. The number of hydrogen-bond donors (Lipinski definition) is 1. The van der Waals surface area contributed by atoms with Gasteiger partial charge in [-0.1, -0.05) is 42.5 Å². The number of hydrogen-bond acceptors (Lipinski definition) is 3. The van der Waals surface area contributed by atoms with Gasteiger partial charge in [0.2, 0.25) is 0 Å². The zero-order chi connectivity index (χ0) is 13.8. The molecule has 1 aliphatic rings. The molecular weight excluding hydrogens is 266 g/mol. The lowest BCUT2D eigenvalue weighted by molar-refractivity contribution is 0.406. The highest BCUT2D eigenvalue weighted by atomic mass is 32.2. The summed E-state index contributed by atoms with van der Waals surface area (Å²) in [5.74, 6) is 3.21. The normalized spacial score (nSPS) is 17.6. The van der Waals surface area contributed by atoms with Gasteiger partial charge >= 0.3 is 0 Å². The third kappa shape index (κ3) is 2.84. The summed E-state index contributed by atoms with van der Waals surface area (Å²) in [7, 11) is 1.73. The van der Waals surface area contributed by atoms with Crippen LogP contribution in [0, 0.1) is 0 Å². The number of fused-ring (bicyclic) bond motifs is 1. The van der Waals surface area contributed by atoms with Crippen molar-refractivity contribution >= 4 is 11.8 Å². The first-order valence-electron chi connectivity index (χ1n) is 6.89. The van der Waals surface area contributed by atoms with E-state index < -0.39 is 0 Å². The molecule has 1 atom stereocenters. The van der Waals surface area contributed by atoms with Crippen LogP contribution in [0.5, 0.6) is 5.75 Å². The molecule has 2 aromatic rings. The molecule has 1 aliphatic heterocycles. The van der Waals surface area contributed by atoms with E-state index in [4.69, 9.17) is 4.74 Å². The molecule has 0 spiro atoms. The molecule has 3 heteroatoms. The number of thioether (sulfide) groups is 1. The minimum absolute atomic E-state index is 0.426. The van der Waals surface area contributed by atoms with Crippen LogP contribution in [0.4, 0.5) is 0 Å². The molecule has 0 bridgehead atoms. The maximum atomic E-state index is 5.41. The second kappa shape index (κ2) is 6.33. The third-order valence-corrected chi connectivity index (χ3v) is 4.79. The van der Waals surface area contributed by atoms with Crippen LogP contribution < -0.4 is 10.1 Å². The zero-order valence-corrected chi connectivity index (χ0v) is 12.5. The molecular formula is C17H19NOS. The van der Waals surface area contributed by atoms with Gasteiger partial charge in [0.25, 0.3) is 0 Å². The summed E-state index contributed by atoms with van der Waals surface area (Å²) in [6, 6.07) is 17.4. The average Bonchev–Trinajstić information content (AvgIpc) is 2.53. The van der Waals surface area contributed by atoms with Gasteiger partial charge in [-0.2, -0.15) is 11.8 Å². The first-order valence-corrected chi connectivity index (χ1v) is 8.05. The number of benzene rings is 2. The summed E-state index contributed by atoms with van der Waals surface area (Å²) in [6.45, 7) is 0.837. The first kappa shape index (κ1) is 13.5. The van der Waals surface area contributed by atoms with E-state index in [0.717, 1.165) is 23.8 Å². The van der Waals surface area contributed by atoms with Gasteiger partial charge in [0.15, 0.2) is 0 Å². The first-order chi connectivity index (χ1) is 9.88. The van der Waals surface area contributed by atoms with Crippen molar-refractivity contribution in [2.75, 3.05) is 12.9 Å². The summed E-state index contributed by atoms with van der Waals surface area (Å²) < 4.78 is 5.41. The van der Waals surface area contributed by atoms with Crippen LogP contribution in [0.2, 0.25) is 0 Å². The Hall–Kier alpha value is -1.45. The molecule has 0 fully saturated rings.